The molecule has 1 amide bonds. The second-order valence-electron chi connectivity index (χ2n) is 6.33. The van der Waals surface area contributed by atoms with E-state index in [1.165, 1.54) is 5.56 Å². The molecule has 0 saturated carbocycles. The summed E-state index contributed by atoms with van der Waals surface area (Å²) in [4.78, 5) is 21.0. The molecule has 6 heteroatoms. The first-order valence-corrected chi connectivity index (χ1v) is 9.05. The van der Waals surface area contributed by atoms with Gasteiger partial charge in [-0.2, -0.15) is 0 Å². The van der Waals surface area contributed by atoms with Crippen molar-refractivity contribution in [2.24, 2.45) is 0 Å². The number of hydrogen-bond acceptors (Lipinski definition) is 4. The molecule has 27 heavy (non-hydrogen) atoms. The van der Waals surface area contributed by atoms with E-state index >= 15 is 0 Å². The topological polar surface area (TPSA) is 66.9 Å². The Bertz CT molecular complexity index is 924. The van der Waals surface area contributed by atoms with Gasteiger partial charge in [0.15, 0.2) is 0 Å². The third-order valence-electron chi connectivity index (χ3n) is 4.03. The van der Waals surface area contributed by atoms with Crippen LogP contribution in [0.25, 0.3) is 0 Å². The lowest BCUT2D eigenvalue weighted by molar-refractivity contribution is 0.0945. The highest BCUT2D eigenvalue weighted by atomic mass is 35.5. The Morgan fingerprint density at radius 3 is 2.26 bits per heavy atom. The number of aromatic nitrogens is 2. The molecule has 0 radical (unpaired) electrons. The summed E-state index contributed by atoms with van der Waals surface area (Å²) in [5.41, 5.74) is 3.67. The molecule has 1 aromatic heterocycles. The van der Waals surface area contributed by atoms with Crippen LogP contribution in [0.15, 0.2) is 54.6 Å². The minimum absolute atomic E-state index is 0.242. The molecule has 0 aliphatic rings. The van der Waals surface area contributed by atoms with Crippen molar-refractivity contribution in [2.75, 3.05) is 5.32 Å². The maximum absolute atomic E-state index is 12.4. The molecule has 3 aromatic rings. The third kappa shape index (κ3) is 5.53. The van der Waals surface area contributed by atoms with Gasteiger partial charge in [-0.05, 0) is 37.1 Å². The molecule has 0 unspecified atom stereocenters. The number of nitrogens with zero attached hydrogens (tertiary/aromatic N) is 2. The molecule has 138 valence electrons. The standard InChI is InChI=1S/C21H21ClN4O/c1-14-3-5-16(6-4-14)12-23-20-11-19(25-15(2)26-20)21(27)24-13-17-7-9-18(22)10-8-17/h3-11H,12-13H2,1-2H3,(H,24,27)(H,23,25,26). The Kier molecular flexibility index (Phi) is 6.04. The first kappa shape index (κ1) is 18.9. The summed E-state index contributed by atoms with van der Waals surface area (Å²) in [6.07, 6.45) is 0. The summed E-state index contributed by atoms with van der Waals surface area (Å²) in [5, 5.41) is 6.79. The Morgan fingerprint density at radius 2 is 1.56 bits per heavy atom. The van der Waals surface area contributed by atoms with E-state index in [1.807, 2.05) is 12.1 Å². The van der Waals surface area contributed by atoms with Gasteiger partial charge < -0.3 is 10.6 Å². The number of hydrogen-bond donors (Lipinski definition) is 2. The van der Waals surface area contributed by atoms with Crippen molar-refractivity contribution in [3.63, 3.8) is 0 Å². The van der Waals surface area contributed by atoms with E-state index in [2.05, 4.69) is 51.8 Å². The zero-order valence-corrected chi connectivity index (χ0v) is 16.0. The molecule has 3 rings (SSSR count). The Morgan fingerprint density at radius 1 is 0.926 bits per heavy atom. The molecular weight excluding hydrogens is 360 g/mol. The summed E-state index contributed by atoms with van der Waals surface area (Å²) < 4.78 is 0. The molecule has 0 aliphatic carbocycles. The summed E-state index contributed by atoms with van der Waals surface area (Å²) in [6.45, 7) is 4.86. The number of amides is 1. The van der Waals surface area contributed by atoms with Gasteiger partial charge in [-0.25, -0.2) is 9.97 Å². The van der Waals surface area contributed by atoms with Gasteiger partial charge in [0.05, 0.1) is 0 Å². The largest absolute Gasteiger partial charge is 0.366 e. The van der Waals surface area contributed by atoms with E-state index in [0.29, 0.717) is 35.4 Å². The highest BCUT2D eigenvalue weighted by Gasteiger charge is 2.10. The van der Waals surface area contributed by atoms with Gasteiger partial charge in [-0.15, -0.1) is 0 Å². The Hall–Kier alpha value is -2.92. The number of carbonyl (C=O) groups excluding carboxylic acids is 1. The number of aryl methyl sites for hydroxylation is 2. The van der Waals surface area contributed by atoms with Crippen molar-refractivity contribution in [1.82, 2.24) is 15.3 Å². The zero-order chi connectivity index (χ0) is 19.2. The van der Waals surface area contributed by atoms with E-state index in [1.54, 1.807) is 25.1 Å². The molecule has 5 nitrogen and oxygen atoms in total. The lowest BCUT2D eigenvalue weighted by Gasteiger charge is -2.10. The van der Waals surface area contributed by atoms with Crippen molar-refractivity contribution < 1.29 is 4.79 Å². The van der Waals surface area contributed by atoms with Gasteiger partial charge >= 0.3 is 0 Å². The molecule has 0 atom stereocenters. The predicted molar refractivity (Wildman–Crippen MR) is 108 cm³/mol. The van der Waals surface area contributed by atoms with Crippen molar-refractivity contribution in [2.45, 2.75) is 26.9 Å². The van der Waals surface area contributed by atoms with Crippen molar-refractivity contribution >= 4 is 23.3 Å². The average Bonchev–Trinajstić information content (AvgIpc) is 2.66. The Labute approximate surface area is 163 Å². The number of anilines is 1. The van der Waals surface area contributed by atoms with Crippen LogP contribution >= 0.6 is 11.6 Å². The molecule has 1 heterocycles. The van der Waals surface area contributed by atoms with Gasteiger partial charge in [0.2, 0.25) is 0 Å². The van der Waals surface area contributed by atoms with Crippen LogP contribution in [0.5, 0.6) is 0 Å². The van der Waals surface area contributed by atoms with Gasteiger partial charge in [0.1, 0.15) is 17.3 Å². The van der Waals surface area contributed by atoms with Crippen LogP contribution in [0.3, 0.4) is 0 Å². The SMILES string of the molecule is Cc1ccc(CNc2cc(C(=O)NCc3ccc(Cl)cc3)nc(C)n2)cc1. The molecular formula is C21H21ClN4O. The van der Waals surface area contributed by atoms with Crippen LogP contribution in [-0.2, 0) is 13.1 Å². The monoisotopic (exact) mass is 380 g/mol. The molecule has 0 aliphatic heterocycles. The summed E-state index contributed by atoms with van der Waals surface area (Å²) in [5.74, 6) is 0.925. The maximum Gasteiger partial charge on any atom is 0.270 e. The first-order chi connectivity index (χ1) is 13.0. The van der Waals surface area contributed by atoms with Crippen LogP contribution in [-0.4, -0.2) is 15.9 Å². The predicted octanol–water partition coefficient (Wildman–Crippen LogP) is 4.29. The highest BCUT2D eigenvalue weighted by Crippen LogP contribution is 2.12. The fourth-order valence-corrected chi connectivity index (χ4v) is 2.67. The third-order valence-corrected chi connectivity index (χ3v) is 4.28. The smallest absolute Gasteiger partial charge is 0.270 e. The minimum Gasteiger partial charge on any atom is -0.366 e. The van der Waals surface area contributed by atoms with Crippen LogP contribution < -0.4 is 10.6 Å². The molecule has 0 saturated heterocycles. The summed E-state index contributed by atoms with van der Waals surface area (Å²) in [7, 11) is 0. The summed E-state index contributed by atoms with van der Waals surface area (Å²) in [6, 6.07) is 17.3. The van der Waals surface area contributed by atoms with E-state index in [4.69, 9.17) is 11.6 Å². The number of carbonyl (C=O) groups is 1. The lowest BCUT2D eigenvalue weighted by Crippen LogP contribution is -2.24. The number of nitrogens with one attached hydrogen (secondary N) is 2. The normalized spacial score (nSPS) is 10.5. The van der Waals surface area contributed by atoms with Gasteiger partial charge in [-0.3, -0.25) is 4.79 Å². The van der Waals surface area contributed by atoms with Crippen LogP contribution in [0.1, 0.15) is 33.0 Å². The van der Waals surface area contributed by atoms with Gasteiger partial charge in [0, 0.05) is 24.2 Å². The molecule has 2 aromatic carbocycles. The number of benzene rings is 2. The quantitative estimate of drug-likeness (QED) is 0.669. The average molecular weight is 381 g/mol. The first-order valence-electron chi connectivity index (χ1n) is 8.67. The fourth-order valence-electron chi connectivity index (χ4n) is 2.55. The van der Waals surface area contributed by atoms with E-state index in [9.17, 15) is 4.79 Å². The fraction of sp³-hybridized carbons (Fsp3) is 0.190. The van der Waals surface area contributed by atoms with Crippen molar-refractivity contribution in [1.29, 1.82) is 0 Å². The van der Waals surface area contributed by atoms with E-state index in [0.717, 1.165) is 11.1 Å². The second-order valence-corrected chi connectivity index (χ2v) is 6.77. The lowest BCUT2D eigenvalue weighted by atomic mass is 10.1. The number of rotatable bonds is 6. The highest BCUT2D eigenvalue weighted by molar-refractivity contribution is 6.30. The molecule has 0 fully saturated rings. The minimum atomic E-state index is -0.242. The number of halogens is 1. The van der Waals surface area contributed by atoms with Crippen LogP contribution in [0.4, 0.5) is 5.82 Å². The Balaban J connectivity index is 1.63. The van der Waals surface area contributed by atoms with Crippen LogP contribution in [0.2, 0.25) is 5.02 Å². The van der Waals surface area contributed by atoms with Crippen LogP contribution in [0, 0.1) is 13.8 Å². The van der Waals surface area contributed by atoms with E-state index in [-0.39, 0.29) is 5.91 Å². The second kappa shape index (κ2) is 8.64. The van der Waals surface area contributed by atoms with E-state index < -0.39 is 0 Å². The zero-order valence-electron chi connectivity index (χ0n) is 15.3. The molecule has 2 N–H and O–H groups in total. The molecule has 0 spiro atoms. The van der Waals surface area contributed by atoms with Crippen molar-refractivity contribution in [3.05, 3.63) is 87.8 Å². The molecule has 0 bridgehead atoms. The van der Waals surface area contributed by atoms with Gasteiger partial charge in [0.25, 0.3) is 5.91 Å². The maximum atomic E-state index is 12.4. The summed E-state index contributed by atoms with van der Waals surface area (Å²) >= 11 is 5.88. The van der Waals surface area contributed by atoms with Crippen molar-refractivity contribution in [3.8, 4) is 0 Å². The van der Waals surface area contributed by atoms with Gasteiger partial charge in [-0.1, -0.05) is 53.6 Å².